The number of rotatable bonds is 7. The molecule has 0 radical (unpaired) electrons. The normalized spacial score (nSPS) is 10.8. The Balaban J connectivity index is 1.33. The number of aromatic nitrogens is 1. The first kappa shape index (κ1) is 24.0. The highest BCUT2D eigenvalue weighted by atomic mass is 35.5. The molecular formula is C25H21Cl2N3O3S. The summed E-state index contributed by atoms with van der Waals surface area (Å²) in [7, 11) is 0. The number of carbonyl (C=O) groups is 1. The number of oxazole rings is 1. The molecule has 0 bridgehead atoms. The van der Waals surface area contributed by atoms with Crippen LogP contribution in [-0.4, -0.2) is 22.6 Å². The third-order valence-electron chi connectivity index (χ3n) is 4.84. The van der Waals surface area contributed by atoms with Gasteiger partial charge in [-0.15, -0.1) is 0 Å². The van der Waals surface area contributed by atoms with Crippen molar-refractivity contribution in [3.63, 3.8) is 0 Å². The van der Waals surface area contributed by atoms with Crippen molar-refractivity contribution in [2.45, 2.75) is 19.8 Å². The van der Waals surface area contributed by atoms with E-state index in [4.69, 9.17) is 44.6 Å². The molecule has 0 saturated heterocycles. The lowest BCUT2D eigenvalue weighted by atomic mass is 10.1. The number of benzene rings is 3. The maximum atomic E-state index is 12.4. The van der Waals surface area contributed by atoms with Gasteiger partial charge in [0.1, 0.15) is 11.3 Å². The van der Waals surface area contributed by atoms with Crippen molar-refractivity contribution < 1.29 is 13.9 Å². The van der Waals surface area contributed by atoms with Crippen molar-refractivity contribution in [1.29, 1.82) is 0 Å². The van der Waals surface area contributed by atoms with Crippen LogP contribution in [0.3, 0.4) is 0 Å². The Morgan fingerprint density at radius 3 is 2.53 bits per heavy atom. The summed E-state index contributed by atoms with van der Waals surface area (Å²) >= 11 is 17.5. The molecule has 0 aliphatic heterocycles. The summed E-state index contributed by atoms with van der Waals surface area (Å²) in [5.74, 6) is 0.962. The number of hydrogen-bond donors (Lipinski definition) is 2. The van der Waals surface area contributed by atoms with E-state index in [2.05, 4.69) is 15.6 Å². The van der Waals surface area contributed by atoms with E-state index in [1.807, 2.05) is 31.2 Å². The van der Waals surface area contributed by atoms with Crippen molar-refractivity contribution in [2.24, 2.45) is 0 Å². The van der Waals surface area contributed by atoms with Crippen LogP contribution < -0.4 is 15.4 Å². The molecule has 174 valence electrons. The highest BCUT2D eigenvalue weighted by Gasteiger charge is 2.12. The van der Waals surface area contributed by atoms with Gasteiger partial charge in [0, 0.05) is 22.7 Å². The average Bonchev–Trinajstić information content (AvgIpc) is 3.22. The van der Waals surface area contributed by atoms with Crippen molar-refractivity contribution in [3.05, 3.63) is 87.7 Å². The number of anilines is 1. The van der Waals surface area contributed by atoms with Gasteiger partial charge < -0.3 is 14.5 Å². The third kappa shape index (κ3) is 6.05. The van der Waals surface area contributed by atoms with E-state index >= 15 is 0 Å². The SMILES string of the molecule is CCCOc1ccc(C(=O)NC(=S)Nc2ccc(Cc3nc4cc(Cl)cc(Cl)c4o3)cc2)cc1. The molecule has 3 aromatic carbocycles. The fraction of sp³-hybridized carbons (Fsp3) is 0.160. The second-order valence-electron chi connectivity index (χ2n) is 7.50. The van der Waals surface area contributed by atoms with Gasteiger partial charge in [-0.3, -0.25) is 10.1 Å². The molecule has 0 atom stereocenters. The molecule has 1 amide bonds. The largest absolute Gasteiger partial charge is 0.494 e. The lowest BCUT2D eigenvalue weighted by Crippen LogP contribution is -2.34. The summed E-state index contributed by atoms with van der Waals surface area (Å²) in [6.07, 6.45) is 1.41. The Morgan fingerprint density at radius 1 is 1.09 bits per heavy atom. The smallest absolute Gasteiger partial charge is 0.257 e. The Hall–Kier alpha value is -3.13. The minimum Gasteiger partial charge on any atom is -0.494 e. The molecule has 9 heteroatoms. The van der Waals surface area contributed by atoms with Crippen LogP contribution in [0.15, 0.2) is 65.1 Å². The highest BCUT2D eigenvalue weighted by molar-refractivity contribution is 7.80. The molecule has 1 aromatic heterocycles. The zero-order valence-electron chi connectivity index (χ0n) is 18.2. The Kier molecular flexibility index (Phi) is 7.67. The van der Waals surface area contributed by atoms with Crippen LogP contribution in [0.4, 0.5) is 5.69 Å². The molecule has 4 aromatic rings. The fourth-order valence-electron chi connectivity index (χ4n) is 3.22. The monoisotopic (exact) mass is 513 g/mol. The van der Waals surface area contributed by atoms with Gasteiger partial charge in [0.25, 0.3) is 5.91 Å². The van der Waals surface area contributed by atoms with Crippen molar-refractivity contribution >= 4 is 63.2 Å². The molecule has 0 unspecified atom stereocenters. The highest BCUT2D eigenvalue weighted by Crippen LogP contribution is 2.29. The van der Waals surface area contributed by atoms with Crippen LogP contribution >= 0.6 is 35.4 Å². The number of nitrogens with zero attached hydrogens (tertiary/aromatic N) is 1. The standard InChI is InChI=1S/C25H21Cl2N3O3S/c1-2-11-32-19-9-5-16(6-10-19)24(31)30-25(34)28-18-7-3-15(4-8-18)12-22-29-21-14-17(26)13-20(27)23(21)33-22/h3-10,13-14H,2,11-12H2,1H3,(H2,28,30,31,34). The van der Waals surface area contributed by atoms with E-state index in [0.29, 0.717) is 45.6 Å². The van der Waals surface area contributed by atoms with Gasteiger partial charge in [0.2, 0.25) is 0 Å². The van der Waals surface area contributed by atoms with Gasteiger partial charge in [0.15, 0.2) is 16.6 Å². The van der Waals surface area contributed by atoms with Crippen molar-refractivity contribution in [1.82, 2.24) is 10.3 Å². The summed E-state index contributed by atoms with van der Waals surface area (Å²) in [5, 5.41) is 6.83. The Bertz CT molecular complexity index is 1320. The number of fused-ring (bicyclic) bond motifs is 1. The maximum absolute atomic E-state index is 12.4. The molecular weight excluding hydrogens is 493 g/mol. The third-order valence-corrected chi connectivity index (χ3v) is 5.54. The molecule has 0 spiro atoms. The van der Waals surface area contributed by atoms with Gasteiger partial charge in [-0.2, -0.15) is 0 Å². The van der Waals surface area contributed by atoms with Crippen molar-refractivity contribution in [3.8, 4) is 5.75 Å². The van der Waals surface area contributed by atoms with Crippen LogP contribution in [-0.2, 0) is 6.42 Å². The Morgan fingerprint density at radius 2 is 1.82 bits per heavy atom. The molecule has 2 N–H and O–H groups in total. The fourth-order valence-corrected chi connectivity index (χ4v) is 3.95. The predicted molar refractivity (Wildman–Crippen MR) is 139 cm³/mol. The summed E-state index contributed by atoms with van der Waals surface area (Å²) in [6.45, 7) is 2.67. The lowest BCUT2D eigenvalue weighted by Gasteiger charge is -2.10. The van der Waals surface area contributed by atoms with Crippen LogP contribution in [0.1, 0.15) is 35.2 Å². The predicted octanol–water partition coefficient (Wildman–Crippen LogP) is 6.64. The van der Waals surface area contributed by atoms with Gasteiger partial charge in [-0.25, -0.2) is 4.98 Å². The van der Waals surface area contributed by atoms with Crippen LogP contribution in [0.5, 0.6) is 5.75 Å². The van der Waals surface area contributed by atoms with E-state index in [0.717, 1.165) is 23.4 Å². The topological polar surface area (TPSA) is 76.4 Å². The van der Waals surface area contributed by atoms with E-state index in [1.54, 1.807) is 36.4 Å². The maximum Gasteiger partial charge on any atom is 0.257 e. The second-order valence-corrected chi connectivity index (χ2v) is 8.75. The molecule has 0 aliphatic rings. The molecule has 34 heavy (non-hydrogen) atoms. The van der Waals surface area contributed by atoms with Gasteiger partial charge >= 0.3 is 0 Å². The summed E-state index contributed by atoms with van der Waals surface area (Å²) in [6, 6.07) is 17.8. The Labute approximate surface area is 212 Å². The molecule has 4 rings (SSSR count). The summed E-state index contributed by atoms with van der Waals surface area (Å²) in [4.78, 5) is 16.9. The van der Waals surface area contributed by atoms with E-state index in [1.165, 1.54) is 0 Å². The van der Waals surface area contributed by atoms with Crippen LogP contribution in [0.2, 0.25) is 10.0 Å². The van der Waals surface area contributed by atoms with Crippen molar-refractivity contribution in [2.75, 3.05) is 11.9 Å². The minimum absolute atomic E-state index is 0.203. The van der Waals surface area contributed by atoms with Gasteiger partial charge in [-0.05, 0) is 72.7 Å². The number of thiocarbonyl (C=S) groups is 1. The first-order chi connectivity index (χ1) is 16.4. The molecule has 0 fully saturated rings. The molecule has 6 nitrogen and oxygen atoms in total. The summed E-state index contributed by atoms with van der Waals surface area (Å²) in [5.41, 5.74) is 3.35. The number of amides is 1. The van der Waals surface area contributed by atoms with Gasteiger partial charge in [-0.1, -0.05) is 42.3 Å². The van der Waals surface area contributed by atoms with Crippen LogP contribution in [0.25, 0.3) is 11.1 Å². The van der Waals surface area contributed by atoms with Crippen LogP contribution in [0, 0.1) is 0 Å². The molecule has 0 saturated carbocycles. The number of carbonyl (C=O) groups excluding carboxylic acids is 1. The quantitative estimate of drug-likeness (QED) is 0.269. The van der Waals surface area contributed by atoms with E-state index in [9.17, 15) is 4.79 Å². The number of nitrogens with one attached hydrogen (secondary N) is 2. The summed E-state index contributed by atoms with van der Waals surface area (Å²) < 4.78 is 11.3. The zero-order valence-corrected chi connectivity index (χ0v) is 20.6. The van der Waals surface area contributed by atoms with E-state index in [-0.39, 0.29) is 11.0 Å². The zero-order chi connectivity index (χ0) is 24.1. The minimum atomic E-state index is -0.300. The second kappa shape index (κ2) is 10.9. The molecule has 1 heterocycles. The lowest BCUT2D eigenvalue weighted by molar-refractivity contribution is 0.0977. The number of hydrogen-bond acceptors (Lipinski definition) is 5. The van der Waals surface area contributed by atoms with Gasteiger partial charge in [0.05, 0.1) is 11.6 Å². The average molecular weight is 514 g/mol. The first-order valence-electron chi connectivity index (χ1n) is 10.6. The van der Waals surface area contributed by atoms with E-state index < -0.39 is 0 Å². The first-order valence-corrected chi connectivity index (χ1v) is 11.8. The number of ether oxygens (including phenoxy) is 1. The molecule has 0 aliphatic carbocycles. The number of halogens is 2.